The van der Waals surface area contributed by atoms with E-state index in [1.807, 2.05) is 0 Å². The third-order valence-corrected chi connectivity index (χ3v) is 2.39. The molecular weight excluding hydrogens is 246 g/mol. The minimum absolute atomic E-state index is 0.167. The Balaban J connectivity index is 2.88. The van der Waals surface area contributed by atoms with Gasteiger partial charge in [-0.15, -0.1) is 0 Å². The standard InChI is InChI=1S/C11H14ClNO4/c1-15-3-4-17-11(14)7-5-8(12)9(13)6-10(7)16-2/h5-6H,3-4,13H2,1-2H3. The largest absolute Gasteiger partial charge is 0.496 e. The van der Waals surface area contributed by atoms with Gasteiger partial charge in [-0.2, -0.15) is 0 Å². The molecule has 0 radical (unpaired) electrons. The van der Waals surface area contributed by atoms with Gasteiger partial charge in [0.25, 0.3) is 0 Å². The Morgan fingerprint density at radius 1 is 1.35 bits per heavy atom. The Hall–Kier alpha value is -1.46. The van der Waals surface area contributed by atoms with E-state index in [1.165, 1.54) is 26.4 Å². The lowest BCUT2D eigenvalue weighted by Crippen LogP contribution is -2.11. The van der Waals surface area contributed by atoms with Gasteiger partial charge in [0.05, 0.1) is 24.4 Å². The lowest BCUT2D eigenvalue weighted by atomic mass is 10.2. The summed E-state index contributed by atoms with van der Waals surface area (Å²) in [5.74, 6) is -0.199. The molecule has 0 unspecified atom stereocenters. The number of nitrogens with two attached hydrogens (primary N) is 1. The number of hydrogen-bond donors (Lipinski definition) is 1. The van der Waals surface area contributed by atoms with Gasteiger partial charge in [-0.3, -0.25) is 0 Å². The van der Waals surface area contributed by atoms with Crippen molar-refractivity contribution in [1.29, 1.82) is 0 Å². The van der Waals surface area contributed by atoms with Crippen LogP contribution >= 0.6 is 11.6 Å². The van der Waals surface area contributed by atoms with Crippen LogP contribution in [-0.4, -0.2) is 33.4 Å². The topological polar surface area (TPSA) is 70.8 Å². The van der Waals surface area contributed by atoms with E-state index in [4.69, 9.17) is 31.5 Å². The maximum absolute atomic E-state index is 11.7. The number of rotatable bonds is 5. The third kappa shape index (κ3) is 3.51. The SMILES string of the molecule is COCCOC(=O)c1cc(Cl)c(N)cc1OC. The third-order valence-electron chi connectivity index (χ3n) is 2.06. The second-order valence-corrected chi connectivity index (χ2v) is 3.61. The molecule has 5 nitrogen and oxygen atoms in total. The van der Waals surface area contributed by atoms with E-state index in [0.717, 1.165) is 0 Å². The number of anilines is 1. The fraction of sp³-hybridized carbons (Fsp3) is 0.364. The molecule has 0 aliphatic rings. The monoisotopic (exact) mass is 259 g/mol. The van der Waals surface area contributed by atoms with Crippen LogP contribution in [0.4, 0.5) is 5.69 Å². The first kappa shape index (κ1) is 13.6. The molecule has 0 spiro atoms. The van der Waals surface area contributed by atoms with Crippen LogP contribution in [-0.2, 0) is 9.47 Å². The summed E-state index contributed by atoms with van der Waals surface area (Å²) in [5, 5.41) is 0.282. The van der Waals surface area contributed by atoms with E-state index in [0.29, 0.717) is 18.0 Å². The minimum Gasteiger partial charge on any atom is -0.496 e. The second-order valence-electron chi connectivity index (χ2n) is 3.20. The number of benzene rings is 1. The van der Waals surface area contributed by atoms with Crippen LogP contribution in [0.3, 0.4) is 0 Å². The normalized spacial score (nSPS) is 10.1. The van der Waals surface area contributed by atoms with Crippen molar-refractivity contribution >= 4 is 23.3 Å². The van der Waals surface area contributed by atoms with E-state index >= 15 is 0 Å². The molecule has 0 saturated heterocycles. The first-order valence-corrected chi connectivity index (χ1v) is 5.27. The molecule has 1 rings (SSSR count). The predicted molar refractivity (Wildman–Crippen MR) is 64.6 cm³/mol. The summed E-state index contributed by atoms with van der Waals surface area (Å²) in [6, 6.07) is 2.90. The van der Waals surface area contributed by atoms with Crippen LogP contribution in [0.15, 0.2) is 12.1 Å². The van der Waals surface area contributed by atoms with Gasteiger partial charge in [0.15, 0.2) is 0 Å². The molecule has 2 N–H and O–H groups in total. The van der Waals surface area contributed by atoms with Gasteiger partial charge >= 0.3 is 5.97 Å². The summed E-state index contributed by atoms with van der Waals surface area (Å²) >= 11 is 5.84. The fourth-order valence-corrected chi connectivity index (χ4v) is 1.36. The summed E-state index contributed by atoms with van der Waals surface area (Å²) in [6.45, 7) is 0.497. The van der Waals surface area contributed by atoms with E-state index in [1.54, 1.807) is 0 Å². The van der Waals surface area contributed by atoms with Gasteiger partial charge in [0.2, 0.25) is 0 Å². The number of ether oxygens (including phenoxy) is 3. The molecule has 0 atom stereocenters. The molecule has 6 heteroatoms. The molecule has 0 saturated carbocycles. The molecule has 0 aliphatic carbocycles. The predicted octanol–water partition coefficient (Wildman–Crippen LogP) is 1.73. The smallest absolute Gasteiger partial charge is 0.342 e. The van der Waals surface area contributed by atoms with Crippen molar-refractivity contribution in [3.05, 3.63) is 22.7 Å². The number of esters is 1. The van der Waals surface area contributed by atoms with Gasteiger partial charge in [0.1, 0.15) is 17.9 Å². The number of halogens is 1. The molecule has 0 aromatic heterocycles. The molecule has 0 heterocycles. The first-order chi connectivity index (χ1) is 8.10. The maximum Gasteiger partial charge on any atom is 0.342 e. The number of hydrogen-bond acceptors (Lipinski definition) is 5. The molecule has 0 fully saturated rings. The Labute approximate surface area is 104 Å². The Bertz CT molecular complexity index is 409. The van der Waals surface area contributed by atoms with Crippen molar-refractivity contribution < 1.29 is 19.0 Å². The van der Waals surface area contributed by atoms with Crippen molar-refractivity contribution in [3.8, 4) is 5.75 Å². The van der Waals surface area contributed by atoms with Crippen LogP contribution in [0.5, 0.6) is 5.75 Å². The van der Waals surface area contributed by atoms with Gasteiger partial charge in [-0.05, 0) is 6.07 Å². The molecule has 94 valence electrons. The van der Waals surface area contributed by atoms with Gasteiger partial charge in [0, 0.05) is 13.2 Å². The first-order valence-electron chi connectivity index (χ1n) is 4.89. The maximum atomic E-state index is 11.7. The van der Waals surface area contributed by atoms with Crippen molar-refractivity contribution in [3.63, 3.8) is 0 Å². The summed E-state index contributed by atoms with van der Waals surface area (Å²) in [4.78, 5) is 11.7. The van der Waals surface area contributed by atoms with Gasteiger partial charge in [-0.1, -0.05) is 11.6 Å². The number of nitrogen functional groups attached to an aromatic ring is 1. The van der Waals surface area contributed by atoms with Crippen molar-refractivity contribution in [2.75, 3.05) is 33.2 Å². The highest BCUT2D eigenvalue weighted by Crippen LogP contribution is 2.29. The zero-order valence-corrected chi connectivity index (χ0v) is 10.4. The van der Waals surface area contributed by atoms with E-state index in [2.05, 4.69) is 0 Å². The number of methoxy groups -OCH3 is 2. The second kappa shape index (κ2) is 6.32. The molecule has 0 aliphatic heterocycles. The lowest BCUT2D eigenvalue weighted by molar-refractivity contribution is 0.0385. The summed E-state index contributed by atoms with van der Waals surface area (Å²) in [7, 11) is 2.96. The van der Waals surface area contributed by atoms with Crippen LogP contribution in [0.1, 0.15) is 10.4 Å². The van der Waals surface area contributed by atoms with Gasteiger partial charge in [-0.25, -0.2) is 4.79 Å². The molecule has 0 bridgehead atoms. The van der Waals surface area contributed by atoms with Crippen molar-refractivity contribution in [1.82, 2.24) is 0 Å². The highest BCUT2D eigenvalue weighted by atomic mass is 35.5. The average Bonchev–Trinajstić information content (AvgIpc) is 2.32. The highest BCUT2D eigenvalue weighted by molar-refractivity contribution is 6.33. The zero-order valence-electron chi connectivity index (χ0n) is 9.66. The van der Waals surface area contributed by atoms with Crippen LogP contribution in [0, 0.1) is 0 Å². The van der Waals surface area contributed by atoms with E-state index in [-0.39, 0.29) is 17.2 Å². The van der Waals surface area contributed by atoms with Crippen molar-refractivity contribution in [2.45, 2.75) is 0 Å². The highest BCUT2D eigenvalue weighted by Gasteiger charge is 2.16. The summed E-state index contributed by atoms with van der Waals surface area (Å²) < 4.78 is 14.8. The van der Waals surface area contributed by atoms with Crippen molar-refractivity contribution in [2.24, 2.45) is 0 Å². The summed E-state index contributed by atoms with van der Waals surface area (Å²) in [5.41, 5.74) is 6.19. The zero-order chi connectivity index (χ0) is 12.8. The van der Waals surface area contributed by atoms with Crippen LogP contribution < -0.4 is 10.5 Å². The lowest BCUT2D eigenvalue weighted by Gasteiger charge is -2.10. The summed E-state index contributed by atoms with van der Waals surface area (Å²) in [6.07, 6.45) is 0. The number of carbonyl (C=O) groups is 1. The number of carbonyl (C=O) groups excluding carboxylic acids is 1. The molecular formula is C11H14ClNO4. The Kier molecular flexibility index (Phi) is 5.06. The quantitative estimate of drug-likeness (QED) is 0.495. The van der Waals surface area contributed by atoms with Crippen LogP contribution in [0.2, 0.25) is 5.02 Å². The van der Waals surface area contributed by atoms with E-state index < -0.39 is 5.97 Å². The molecule has 0 amide bonds. The minimum atomic E-state index is -0.527. The van der Waals surface area contributed by atoms with Gasteiger partial charge < -0.3 is 19.9 Å². The molecule has 17 heavy (non-hydrogen) atoms. The fourth-order valence-electron chi connectivity index (χ4n) is 1.19. The van der Waals surface area contributed by atoms with E-state index in [9.17, 15) is 4.79 Å². The Morgan fingerprint density at radius 3 is 2.65 bits per heavy atom. The average molecular weight is 260 g/mol. The molecule has 1 aromatic rings. The van der Waals surface area contributed by atoms with Crippen LogP contribution in [0.25, 0.3) is 0 Å². The molecule has 1 aromatic carbocycles. The Morgan fingerprint density at radius 2 is 2.06 bits per heavy atom.